The Morgan fingerprint density at radius 1 is 1.29 bits per heavy atom. The van der Waals surface area contributed by atoms with Crippen LogP contribution in [0.2, 0.25) is 0 Å². The number of nitrogens with two attached hydrogens (primary N) is 1. The summed E-state index contributed by atoms with van der Waals surface area (Å²) in [5.74, 6) is 0.819. The van der Waals surface area contributed by atoms with Gasteiger partial charge in [0.1, 0.15) is 5.75 Å². The first-order valence-corrected chi connectivity index (χ1v) is 6.28. The topological polar surface area (TPSA) is 38.5 Å². The van der Waals surface area contributed by atoms with Crippen LogP contribution < -0.4 is 10.5 Å². The highest BCUT2D eigenvalue weighted by atomic mass is 16.5. The van der Waals surface area contributed by atoms with Gasteiger partial charge in [-0.05, 0) is 31.6 Å². The first-order chi connectivity index (χ1) is 8.17. The number of unbranched alkanes of at least 4 members (excludes halogenated alkanes) is 2. The van der Waals surface area contributed by atoms with E-state index in [9.17, 15) is 0 Å². The van der Waals surface area contributed by atoms with E-state index in [1.165, 1.54) is 24.8 Å². The minimum absolute atomic E-state index is 0.812. The molecule has 0 unspecified atom stereocenters. The Morgan fingerprint density at radius 2 is 2.06 bits per heavy atom. The van der Waals surface area contributed by atoms with E-state index in [0.717, 1.165) is 24.5 Å². The van der Waals surface area contributed by atoms with E-state index in [0.29, 0.717) is 0 Å². The van der Waals surface area contributed by atoms with E-state index in [2.05, 4.69) is 18.9 Å². The lowest BCUT2D eigenvalue weighted by molar-refractivity contribution is 0.318. The number of hydrogen-bond donors (Lipinski definition) is 1. The lowest BCUT2D eigenvalue weighted by atomic mass is 10.1. The molecule has 1 aromatic rings. The van der Waals surface area contributed by atoms with Gasteiger partial charge < -0.3 is 15.4 Å². The molecule has 2 N–H and O–H groups in total. The number of methoxy groups -OCH3 is 1. The average molecular weight is 236 g/mol. The van der Waals surface area contributed by atoms with Gasteiger partial charge in [-0.1, -0.05) is 25.8 Å². The fraction of sp³-hybridized carbons (Fsp3) is 0.571. The average Bonchev–Trinajstić information content (AvgIpc) is 2.32. The fourth-order valence-electron chi connectivity index (χ4n) is 1.85. The maximum atomic E-state index is 5.99. The van der Waals surface area contributed by atoms with Gasteiger partial charge in [-0.3, -0.25) is 0 Å². The third-order valence-electron chi connectivity index (χ3n) is 2.94. The van der Waals surface area contributed by atoms with Gasteiger partial charge in [-0.25, -0.2) is 0 Å². The second-order valence-electron chi connectivity index (χ2n) is 4.51. The zero-order valence-corrected chi connectivity index (χ0v) is 11.2. The van der Waals surface area contributed by atoms with Gasteiger partial charge in [0, 0.05) is 18.3 Å². The van der Waals surface area contributed by atoms with Crippen LogP contribution in [0.1, 0.15) is 31.7 Å². The van der Waals surface area contributed by atoms with Crippen LogP contribution in [0.15, 0.2) is 18.2 Å². The maximum absolute atomic E-state index is 5.99. The summed E-state index contributed by atoms with van der Waals surface area (Å²) in [4.78, 5) is 2.31. The lowest BCUT2D eigenvalue weighted by Gasteiger charge is -2.18. The van der Waals surface area contributed by atoms with Crippen molar-refractivity contribution in [1.82, 2.24) is 4.90 Å². The molecule has 0 aliphatic carbocycles. The quantitative estimate of drug-likeness (QED) is 0.584. The molecule has 0 saturated heterocycles. The number of ether oxygens (including phenoxy) is 1. The molecule has 1 aromatic carbocycles. The maximum Gasteiger partial charge on any atom is 0.120 e. The van der Waals surface area contributed by atoms with E-state index in [1.54, 1.807) is 7.11 Å². The number of hydrogen-bond acceptors (Lipinski definition) is 3. The molecule has 0 aromatic heterocycles. The van der Waals surface area contributed by atoms with Crippen molar-refractivity contribution in [1.29, 1.82) is 0 Å². The molecular formula is C14H24N2O. The minimum atomic E-state index is 0.812. The molecule has 96 valence electrons. The summed E-state index contributed by atoms with van der Waals surface area (Å²) < 4.78 is 5.14. The van der Waals surface area contributed by atoms with Crippen molar-refractivity contribution in [3.63, 3.8) is 0 Å². The monoisotopic (exact) mass is 236 g/mol. The summed E-state index contributed by atoms with van der Waals surface area (Å²) in [5.41, 5.74) is 7.98. The van der Waals surface area contributed by atoms with Crippen LogP contribution in [0.5, 0.6) is 5.75 Å². The molecule has 0 radical (unpaired) electrons. The highest BCUT2D eigenvalue weighted by Crippen LogP contribution is 2.20. The Morgan fingerprint density at radius 3 is 2.65 bits per heavy atom. The van der Waals surface area contributed by atoms with E-state index >= 15 is 0 Å². The van der Waals surface area contributed by atoms with Gasteiger partial charge in [0.25, 0.3) is 0 Å². The predicted octanol–water partition coefficient (Wildman–Crippen LogP) is 2.90. The first-order valence-electron chi connectivity index (χ1n) is 6.28. The number of nitrogens with zero attached hydrogens (tertiary/aromatic N) is 1. The van der Waals surface area contributed by atoms with Crippen molar-refractivity contribution < 1.29 is 4.74 Å². The van der Waals surface area contributed by atoms with Crippen molar-refractivity contribution in [2.45, 2.75) is 32.7 Å². The summed E-state index contributed by atoms with van der Waals surface area (Å²) in [6.07, 6.45) is 3.81. The molecular weight excluding hydrogens is 212 g/mol. The van der Waals surface area contributed by atoms with Gasteiger partial charge in [0.15, 0.2) is 0 Å². The molecule has 0 saturated carbocycles. The molecule has 0 atom stereocenters. The van der Waals surface area contributed by atoms with Crippen molar-refractivity contribution in [3.8, 4) is 5.75 Å². The second-order valence-corrected chi connectivity index (χ2v) is 4.51. The van der Waals surface area contributed by atoms with E-state index in [4.69, 9.17) is 10.5 Å². The summed E-state index contributed by atoms with van der Waals surface area (Å²) in [6, 6.07) is 5.89. The normalized spacial score (nSPS) is 10.8. The zero-order chi connectivity index (χ0) is 12.7. The Bertz CT molecular complexity index is 339. The summed E-state index contributed by atoms with van der Waals surface area (Å²) in [7, 11) is 3.80. The van der Waals surface area contributed by atoms with E-state index in [1.807, 2.05) is 18.2 Å². The van der Waals surface area contributed by atoms with Gasteiger partial charge >= 0.3 is 0 Å². The Labute approximate surface area is 105 Å². The first kappa shape index (κ1) is 13.8. The minimum Gasteiger partial charge on any atom is -0.497 e. The molecule has 17 heavy (non-hydrogen) atoms. The third kappa shape index (κ3) is 4.65. The van der Waals surface area contributed by atoms with Gasteiger partial charge in [0.2, 0.25) is 0 Å². The number of nitrogen functional groups attached to an aromatic ring is 1. The largest absolute Gasteiger partial charge is 0.497 e. The smallest absolute Gasteiger partial charge is 0.120 e. The SMILES string of the molecule is CCCCCN(C)Cc1ccc(OC)cc1N. The lowest BCUT2D eigenvalue weighted by Crippen LogP contribution is -2.19. The molecule has 0 heterocycles. The van der Waals surface area contributed by atoms with Crippen LogP contribution in [0.4, 0.5) is 5.69 Å². The van der Waals surface area contributed by atoms with E-state index < -0.39 is 0 Å². The third-order valence-corrected chi connectivity index (χ3v) is 2.94. The Kier molecular flexibility index (Phi) is 5.84. The van der Waals surface area contributed by atoms with Crippen LogP contribution in [0, 0.1) is 0 Å². The highest BCUT2D eigenvalue weighted by molar-refractivity contribution is 5.51. The molecule has 0 aliphatic rings. The van der Waals surface area contributed by atoms with Crippen LogP contribution in [-0.4, -0.2) is 25.6 Å². The second kappa shape index (κ2) is 7.17. The van der Waals surface area contributed by atoms with Crippen LogP contribution >= 0.6 is 0 Å². The molecule has 0 bridgehead atoms. The summed E-state index contributed by atoms with van der Waals surface area (Å²) in [6.45, 7) is 4.25. The van der Waals surface area contributed by atoms with Crippen molar-refractivity contribution in [3.05, 3.63) is 23.8 Å². The molecule has 3 heteroatoms. The molecule has 3 nitrogen and oxygen atoms in total. The van der Waals surface area contributed by atoms with Crippen molar-refractivity contribution >= 4 is 5.69 Å². The molecule has 0 amide bonds. The Hall–Kier alpha value is -1.22. The number of anilines is 1. The zero-order valence-electron chi connectivity index (χ0n) is 11.2. The van der Waals surface area contributed by atoms with Crippen molar-refractivity contribution in [2.75, 3.05) is 26.4 Å². The van der Waals surface area contributed by atoms with Crippen LogP contribution in [-0.2, 0) is 6.54 Å². The summed E-state index contributed by atoms with van der Waals surface area (Å²) in [5, 5.41) is 0. The van der Waals surface area contributed by atoms with Gasteiger partial charge in [-0.2, -0.15) is 0 Å². The molecule has 0 aliphatic heterocycles. The van der Waals surface area contributed by atoms with Gasteiger partial charge in [0.05, 0.1) is 7.11 Å². The number of benzene rings is 1. The fourth-order valence-corrected chi connectivity index (χ4v) is 1.85. The molecule has 0 spiro atoms. The van der Waals surface area contributed by atoms with Crippen LogP contribution in [0.25, 0.3) is 0 Å². The highest BCUT2D eigenvalue weighted by Gasteiger charge is 2.04. The van der Waals surface area contributed by atoms with Gasteiger partial charge in [-0.15, -0.1) is 0 Å². The number of rotatable bonds is 7. The molecule has 0 fully saturated rings. The standard InChI is InChI=1S/C14H24N2O/c1-4-5-6-9-16(2)11-12-7-8-13(17-3)10-14(12)15/h7-8,10H,4-6,9,11,15H2,1-3H3. The molecule has 1 rings (SSSR count). The summed E-state index contributed by atoms with van der Waals surface area (Å²) >= 11 is 0. The van der Waals surface area contributed by atoms with Crippen LogP contribution in [0.3, 0.4) is 0 Å². The predicted molar refractivity (Wildman–Crippen MR) is 73.3 cm³/mol. The van der Waals surface area contributed by atoms with E-state index in [-0.39, 0.29) is 0 Å². The van der Waals surface area contributed by atoms with Crippen molar-refractivity contribution in [2.24, 2.45) is 0 Å². The Balaban J connectivity index is 2.50.